The molecule has 0 N–H and O–H groups in total. The summed E-state index contributed by atoms with van der Waals surface area (Å²) in [6.45, 7) is 20.5. The fourth-order valence-electron chi connectivity index (χ4n) is 7.43. The molecule has 5 heterocycles. The monoisotopic (exact) mass is 697 g/mol. The summed E-state index contributed by atoms with van der Waals surface area (Å²) in [6.07, 6.45) is 5.34. The van der Waals surface area contributed by atoms with Gasteiger partial charge in [-0.1, -0.05) is 24.8 Å². The number of allylic oxidation sites excluding steroid dienone is 1. The van der Waals surface area contributed by atoms with Crippen LogP contribution in [-0.2, 0) is 19.0 Å². The molecule has 3 aliphatic heterocycles. The van der Waals surface area contributed by atoms with Crippen molar-refractivity contribution in [1.82, 2.24) is 9.38 Å². The molecule has 0 radical (unpaired) electrons. The van der Waals surface area contributed by atoms with Gasteiger partial charge in [0, 0.05) is 48.1 Å². The van der Waals surface area contributed by atoms with Crippen LogP contribution in [0, 0.1) is 12.7 Å². The average Bonchev–Trinajstić information content (AvgIpc) is 3.51. The molecule has 6 bridgehead atoms. The predicted molar refractivity (Wildman–Crippen MR) is 201 cm³/mol. The highest BCUT2D eigenvalue weighted by Gasteiger charge is 2.39. The maximum atomic E-state index is 14.8. The minimum atomic E-state index is -0.995. The van der Waals surface area contributed by atoms with Gasteiger partial charge in [-0.2, -0.15) is 0 Å². The van der Waals surface area contributed by atoms with Gasteiger partial charge in [0.2, 0.25) is 0 Å². The SMILES string of the molecule is C=C(C)c1c(C)c(C(OC(C)(C)C)C(=O)OC)c2n3cc(nc13)-c1cccc(c1)-c1cc(F)ccc1OC(C)CCCCOC1(C)CCN2CC1. The predicted octanol–water partition coefficient (Wildman–Crippen LogP) is 9.50. The lowest BCUT2D eigenvalue weighted by molar-refractivity contribution is -0.164. The fourth-order valence-corrected chi connectivity index (χ4v) is 7.43. The molecule has 0 saturated carbocycles. The molecular weight excluding hydrogens is 645 g/mol. The summed E-state index contributed by atoms with van der Waals surface area (Å²) in [5, 5.41) is 0. The number of fused-ring (bicyclic) bond motifs is 8. The third kappa shape index (κ3) is 7.70. The lowest BCUT2D eigenvalue weighted by atomic mass is 9.91. The molecule has 3 aliphatic rings. The van der Waals surface area contributed by atoms with E-state index >= 15 is 0 Å². The van der Waals surface area contributed by atoms with E-state index in [9.17, 15) is 9.18 Å². The minimum absolute atomic E-state index is 0.0484. The number of ether oxygens (including phenoxy) is 4. The van der Waals surface area contributed by atoms with E-state index in [1.54, 1.807) is 6.07 Å². The van der Waals surface area contributed by atoms with Crippen LogP contribution in [0.3, 0.4) is 0 Å². The van der Waals surface area contributed by atoms with Gasteiger partial charge in [-0.05, 0) is 122 Å². The van der Waals surface area contributed by atoms with Crippen LogP contribution in [-0.4, -0.2) is 59.5 Å². The number of methoxy groups -OCH3 is 1. The van der Waals surface area contributed by atoms with E-state index in [0.29, 0.717) is 31.0 Å². The number of hydrogen-bond acceptors (Lipinski definition) is 7. The molecule has 2 aromatic carbocycles. The van der Waals surface area contributed by atoms with Crippen molar-refractivity contribution >= 4 is 23.0 Å². The van der Waals surface area contributed by atoms with Gasteiger partial charge >= 0.3 is 5.97 Å². The van der Waals surface area contributed by atoms with Crippen LogP contribution >= 0.6 is 0 Å². The summed E-state index contributed by atoms with van der Waals surface area (Å²) in [4.78, 5) is 21.3. The summed E-state index contributed by atoms with van der Waals surface area (Å²) in [5.41, 5.74) is 6.19. The number of pyridine rings is 1. The highest BCUT2D eigenvalue weighted by atomic mass is 19.1. The van der Waals surface area contributed by atoms with Crippen molar-refractivity contribution in [2.24, 2.45) is 0 Å². The zero-order valence-electron chi connectivity index (χ0n) is 31.4. The lowest BCUT2D eigenvalue weighted by Crippen LogP contribution is -2.45. The number of esters is 1. The molecule has 272 valence electrons. The van der Waals surface area contributed by atoms with E-state index < -0.39 is 17.7 Å². The Morgan fingerprint density at radius 1 is 1.12 bits per heavy atom. The van der Waals surface area contributed by atoms with Crippen LogP contribution in [0.4, 0.5) is 10.2 Å². The van der Waals surface area contributed by atoms with Crippen LogP contribution in [0.25, 0.3) is 33.6 Å². The number of hydrogen-bond donors (Lipinski definition) is 0. The van der Waals surface area contributed by atoms with E-state index in [1.807, 2.05) is 65.1 Å². The largest absolute Gasteiger partial charge is 0.490 e. The van der Waals surface area contributed by atoms with Crippen molar-refractivity contribution in [1.29, 1.82) is 0 Å². The Balaban J connectivity index is 1.62. The van der Waals surface area contributed by atoms with Crippen molar-refractivity contribution in [3.05, 3.63) is 77.7 Å². The van der Waals surface area contributed by atoms with E-state index in [2.05, 4.69) is 29.7 Å². The highest BCUT2D eigenvalue weighted by molar-refractivity contribution is 5.87. The molecule has 1 fully saturated rings. The Kier molecular flexibility index (Phi) is 10.3. The molecule has 9 heteroatoms. The van der Waals surface area contributed by atoms with Crippen LogP contribution in [0.15, 0.2) is 55.2 Å². The van der Waals surface area contributed by atoms with Crippen molar-refractivity contribution in [2.45, 2.75) is 104 Å². The first-order chi connectivity index (χ1) is 24.2. The van der Waals surface area contributed by atoms with Gasteiger partial charge in [0.1, 0.15) is 23.0 Å². The zero-order valence-corrected chi connectivity index (χ0v) is 31.4. The number of imidazole rings is 1. The van der Waals surface area contributed by atoms with Crippen molar-refractivity contribution in [2.75, 3.05) is 31.7 Å². The van der Waals surface area contributed by atoms with Gasteiger partial charge in [-0.25, -0.2) is 14.2 Å². The first-order valence-corrected chi connectivity index (χ1v) is 18.1. The molecule has 0 aliphatic carbocycles. The normalized spacial score (nSPS) is 20.5. The molecule has 2 aromatic heterocycles. The van der Waals surface area contributed by atoms with Crippen LogP contribution in [0.5, 0.6) is 5.75 Å². The Morgan fingerprint density at radius 3 is 2.53 bits per heavy atom. The van der Waals surface area contributed by atoms with Gasteiger partial charge in [0.25, 0.3) is 0 Å². The number of nitrogens with zero attached hydrogens (tertiary/aromatic N) is 3. The zero-order chi connectivity index (χ0) is 36.7. The number of halogens is 1. The fraction of sp³-hybridized carbons (Fsp3) is 0.476. The van der Waals surface area contributed by atoms with Gasteiger partial charge in [0.05, 0.1) is 30.1 Å². The first kappa shape index (κ1) is 36.6. The summed E-state index contributed by atoms with van der Waals surface area (Å²) in [6, 6.07) is 12.7. The van der Waals surface area contributed by atoms with Crippen molar-refractivity contribution in [3.8, 4) is 28.1 Å². The third-order valence-electron chi connectivity index (χ3n) is 10.1. The van der Waals surface area contributed by atoms with E-state index in [0.717, 1.165) is 82.7 Å². The van der Waals surface area contributed by atoms with Gasteiger partial charge in [0.15, 0.2) is 6.10 Å². The number of carbonyl (C=O) groups excluding carboxylic acids is 1. The summed E-state index contributed by atoms with van der Waals surface area (Å²) in [7, 11) is 1.40. The van der Waals surface area contributed by atoms with Crippen LogP contribution < -0.4 is 9.64 Å². The molecule has 2 atom stereocenters. The standard InChI is InChI=1S/C42H52FN3O5/c1-26(2)35-28(4)36(37(40(47)48-9)51-41(5,6)7)39-45-20-18-42(8,19-21-45)49-22-11-10-13-27(3)50-34-17-16-31(43)24-32(34)29-14-12-15-30(23-29)33-25-46(39)38(35)44-33/h12,14-17,23-25,27,37H,1,10-11,13,18-22H2,2-9H3. The highest BCUT2D eigenvalue weighted by Crippen LogP contribution is 2.43. The number of anilines is 1. The van der Waals surface area contributed by atoms with Crippen molar-refractivity contribution < 1.29 is 28.1 Å². The Hall–Kier alpha value is -4.21. The topological polar surface area (TPSA) is 74.5 Å². The number of piperidine rings is 1. The van der Waals surface area contributed by atoms with E-state index in [1.165, 1.54) is 19.2 Å². The Labute approximate surface area is 301 Å². The molecule has 7 rings (SSSR count). The summed E-state index contributed by atoms with van der Waals surface area (Å²) >= 11 is 0. The lowest BCUT2D eigenvalue weighted by Gasteiger charge is -2.42. The van der Waals surface area contributed by atoms with Crippen molar-refractivity contribution in [3.63, 3.8) is 0 Å². The van der Waals surface area contributed by atoms with E-state index in [-0.39, 0.29) is 17.5 Å². The number of aromatic nitrogens is 2. The Bertz CT molecular complexity index is 1930. The molecule has 4 aromatic rings. The second-order valence-electron chi connectivity index (χ2n) is 15.4. The molecule has 0 spiro atoms. The van der Waals surface area contributed by atoms with Gasteiger partial charge < -0.3 is 23.8 Å². The first-order valence-electron chi connectivity index (χ1n) is 18.1. The quantitative estimate of drug-likeness (QED) is 0.197. The van der Waals surface area contributed by atoms with Gasteiger partial charge in [-0.3, -0.25) is 4.40 Å². The van der Waals surface area contributed by atoms with Crippen LogP contribution in [0.2, 0.25) is 0 Å². The molecular formula is C42H52FN3O5. The van der Waals surface area contributed by atoms with Gasteiger partial charge in [-0.15, -0.1) is 0 Å². The number of rotatable bonds is 4. The summed E-state index contributed by atoms with van der Waals surface area (Å²) < 4.78 is 41.8. The molecule has 51 heavy (non-hydrogen) atoms. The molecule has 8 nitrogen and oxygen atoms in total. The van der Waals surface area contributed by atoms with Crippen LogP contribution in [0.1, 0.15) is 96.4 Å². The Morgan fingerprint density at radius 2 is 1.84 bits per heavy atom. The second kappa shape index (κ2) is 14.4. The molecule has 0 amide bonds. The smallest absolute Gasteiger partial charge is 0.339 e. The molecule has 2 unspecified atom stereocenters. The number of carbonyl (C=O) groups is 1. The summed E-state index contributed by atoms with van der Waals surface area (Å²) in [5.74, 6) is 0.680. The number of benzene rings is 2. The third-order valence-corrected chi connectivity index (χ3v) is 10.1. The second-order valence-corrected chi connectivity index (χ2v) is 15.4. The average molecular weight is 698 g/mol. The van der Waals surface area contributed by atoms with E-state index in [4.69, 9.17) is 23.9 Å². The maximum absolute atomic E-state index is 14.8. The maximum Gasteiger partial charge on any atom is 0.339 e. The molecule has 1 saturated heterocycles. The minimum Gasteiger partial charge on any atom is -0.490 e.